The molecule has 0 aromatic rings. The average molecular weight is 1400 g/mol. The Hall–Kier alpha value is -2.04. The Morgan fingerprint density at radius 1 is 0.396 bits per heavy atom. The van der Waals surface area contributed by atoms with Gasteiger partial charge in [-0.2, -0.15) is 0 Å². The molecule has 96 heavy (non-hydrogen) atoms. The second-order valence-corrected chi connectivity index (χ2v) is 29.1. The summed E-state index contributed by atoms with van der Waals surface area (Å²) < 4.78 is 65.0. The minimum absolute atomic E-state index is 0.0332. The van der Waals surface area contributed by atoms with Gasteiger partial charge in [-0.1, -0.05) is 259 Å². The second-order valence-electron chi connectivity index (χ2n) is 27.7. The van der Waals surface area contributed by atoms with Crippen LogP contribution in [0.5, 0.6) is 0 Å². The molecule has 3 rings (SSSR count). The largest absolute Gasteiger partial charge is 0.472 e. The molecule has 0 bridgehead atoms. The quantitative estimate of drug-likeness (QED) is 0.0117. The Bertz CT molecular complexity index is 2010. The molecule has 0 spiro atoms. The lowest BCUT2D eigenvalue weighted by Crippen LogP contribution is -2.69. The second kappa shape index (κ2) is 52.9. The van der Waals surface area contributed by atoms with E-state index >= 15 is 0 Å². The smallest absolute Gasteiger partial charge is 0.463 e. The highest BCUT2D eigenvalue weighted by atomic mass is 31.2. The fourth-order valence-corrected chi connectivity index (χ4v) is 13.7. The summed E-state index contributed by atoms with van der Waals surface area (Å²) in [5.41, 5.74) is 0. The third-order valence-electron chi connectivity index (χ3n) is 19.0. The van der Waals surface area contributed by atoms with Crippen LogP contribution in [0.25, 0.3) is 0 Å². The molecule has 0 amide bonds. The van der Waals surface area contributed by atoms with Crippen LogP contribution < -0.4 is 0 Å². The number of aliphatic hydroxyl groups excluding tert-OH is 10. The number of esters is 3. The first-order valence-electron chi connectivity index (χ1n) is 37.7. The Morgan fingerprint density at radius 3 is 1.12 bits per heavy atom. The van der Waals surface area contributed by atoms with Gasteiger partial charge >= 0.3 is 25.7 Å². The number of hydrogen-bond donors (Lipinski definition) is 11. The fourth-order valence-electron chi connectivity index (χ4n) is 12.8. The lowest BCUT2D eigenvalue weighted by Gasteiger charge is -2.49. The molecule has 0 aromatic heterocycles. The van der Waals surface area contributed by atoms with Gasteiger partial charge in [0.2, 0.25) is 0 Å². The van der Waals surface area contributed by atoms with Crippen LogP contribution in [0.4, 0.5) is 0 Å². The van der Waals surface area contributed by atoms with Crippen molar-refractivity contribution in [1.82, 2.24) is 0 Å². The lowest BCUT2D eigenvalue weighted by atomic mass is 9.84. The third-order valence-corrected chi connectivity index (χ3v) is 20.0. The molecule has 1 saturated carbocycles. The van der Waals surface area contributed by atoms with E-state index in [0.717, 1.165) is 96.3 Å². The molecule has 19 unspecified atom stereocenters. The zero-order valence-corrected chi connectivity index (χ0v) is 60.0. The van der Waals surface area contributed by atoms with E-state index in [9.17, 15) is 74.9 Å². The van der Waals surface area contributed by atoms with Gasteiger partial charge in [-0.05, 0) is 25.2 Å². The van der Waals surface area contributed by atoms with Gasteiger partial charge in [-0.3, -0.25) is 23.4 Å². The number of ether oxygens (including phenoxy) is 7. The van der Waals surface area contributed by atoms with E-state index in [1.54, 1.807) is 0 Å². The summed E-state index contributed by atoms with van der Waals surface area (Å²) in [6, 6.07) is 0. The molecule has 3 fully saturated rings. The molecule has 2 heterocycles. The first-order valence-corrected chi connectivity index (χ1v) is 39.2. The molecule has 566 valence electrons. The topological polar surface area (TPSA) is 374 Å². The molecule has 24 nitrogen and oxygen atoms in total. The van der Waals surface area contributed by atoms with Gasteiger partial charge in [0.25, 0.3) is 0 Å². The SMILES string of the molecule is CCCCCCCCCCCCCCCCC(=O)OCC1OC(OC2C(O)C(O)C(O)C(OC3OC(CO)C(O)C(O)C3O)C2OP(=O)(O)OCC(COC(=O)CCCCCCCCCCCCC)OC(=O)CCCCCCCCC(C)CCCCCCCC)C(O)C(O)C1O. The van der Waals surface area contributed by atoms with E-state index in [1.807, 2.05) is 0 Å². The van der Waals surface area contributed by atoms with Crippen molar-refractivity contribution >= 4 is 25.7 Å². The van der Waals surface area contributed by atoms with Gasteiger partial charge in [0.05, 0.1) is 13.2 Å². The minimum Gasteiger partial charge on any atom is -0.463 e. The van der Waals surface area contributed by atoms with E-state index in [4.69, 9.17) is 42.2 Å². The highest BCUT2D eigenvalue weighted by Gasteiger charge is 2.58. The maximum atomic E-state index is 14.3. The number of rotatable bonds is 58. The minimum atomic E-state index is -5.69. The molecule has 3 aliphatic rings. The molecular formula is C71H133O24P. The maximum Gasteiger partial charge on any atom is 0.472 e. The van der Waals surface area contributed by atoms with Crippen molar-refractivity contribution in [3.8, 4) is 0 Å². The first-order chi connectivity index (χ1) is 46.2. The Kier molecular flexibility index (Phi) is 48.5. The molecule has 19 atom stereocenters. The van der Waals surface area contributed by atoms with Crippen molar-refractivity contribution in [3.05, 3.63) is 0 Å². The molecule has 0 radical (unpaired) electrons. The number of hydrogen-bond acceptors (Lipinski definition) is 23. The normalized spacial score (nSPS) is 28.2. The van der Waals surface area contributed by atoms with Crippen molar-refractivity contribution in [2.24, 2.45) is 5.92 Å². The van der Waals surface area contributed by atoms with E-state index in [-0.39, 0.29) is 19.3 Å². The number of phosphoric ester groups is 1. The fraction of sp³-hybridized carbons (Fsp3) is 0.958. The molecule has 1 aliphatic carbocycles. The molecule has 2 saturated heterocycles. The summed E-state index contributed by atoms with van der Waals surface area (Å²) >= 11 is 0. The average Bonchev–Trinajstić information content (AvgIpc) is 0.763. The molecule has 11 N–H and O–H groups in total. The standard InChI is InChI=1S/C71H133O24P/c1-5-8-11-14-17-19-21-22-23-25-27-29-35-40-45-56(74)88-50-54-59(77)61(79)66(84)71(92-54)94-68-64(82)62(80)63(81)67(93-70-65(83)60(78)58(76)53(47-72)91-70)69(68)95-96(85,86)89-49-52(48-87-55(73)44-39-34-28-26-24-20-18-15-12-9-6-2)90-57(75)46-41-36-31-30-33-38-43-51(4)42-37-32-16-13-10-7-3/h51-54,58-72,76-84H,5-50H2,1-4H3,(H,85,86). The molecule has 25 heteroatoms. The van der Waals surface area contributed by atoms with E-state index < -0.39 is 156 Å². The van der Waals surface area contributed by atoms with Crippen LogP contribution >= 0.6 is 7.82 Å². The van der Waals surface area contributed by atoms with Crippen molar-refractivity contribution in [1.29, 1.82) is 0 Å². The van der Waals surface area contributed by atoms with Crippen molar-refractivity contribution in [3.63, 3.8) is 0 Å². The van der Waals surface area contributed by atoms with Crippen LogP contribution in [0.2, 0.25) is 0 Å². The van der Waals surface area contributed by atoms with Gasteiger partial charge in [0.15, 0.2) is 18.7 Å². The summed E-state index contributed by atoms with van der Waals surface area (Å²) in [6.45, 7) is 5.76. The third kappa shape index (κ3) is 36.2. The van der Waals surface area contributed by atoms with Crippen LogP contribution in [0.15, 0.2) is 0 Å². The molecule has 0 aromatic carbocycles. The van der Waals surface area contributed by atoms with Gasteiger partial charge in [-0.25, -0.2) is 4.57 Å². The van der Waals surface area contributed by atoms with Crippen molar-refractivity contribution in [2.45, 2.75) is 402 Å². The highest BCUT2D eigenvalue weighted by molar-refractivity contribution is 7.47. The Labute approximate surface area is 574 Å². The van der Waals surface area contributed by atoms with Crippen LogP contribution in [0, 0.1) is 5.92 Å². The zero-order valence-electron chi connectivity index (χ0n) is 59.1. The Balaban J connectivity index is 1.74. The zero-order chi connectivity index (χ0) is 70.5. The molecular weight excluding hydrogens is 1270 g/mol. The first kappa shape index (κ1) is 88.2. The van der Waals surface area contributed by atoms with Gasteiger partial charge in [0, 0.05) is 19.3 Å². The summed E-state index contributed by atoms with van der Waals surface area (Å²) in [4.78, 5) is 51.0. The predicted octanol–water partition coefficient (Wildman–Crippen LogP) is 10.0. The van der Waals surface area contributed by atoms with E-state index in [2.05, 4.69) is 27.7 Å². The van der Waals surface area contributed by atoms with Gasteiger partial charge in [0.1, 0.15) is 98.7 Å². The van der Waals surface area contributed by atoms with Gasteiger partial charge in [-0.15, -0.1) is 0 Å². The predicted molar refractivity (Wildman–Crippen MR) is 361 cm³/mol. The highest BCUT2D eigenvalue weighted by Crippen LogP contribution is 2.49. The van der Waals surface area contributed by atoms with Crippen molar-refractivity contribution in [2.75, 3.05) is 26.4 Å². The van der Waals surface area contributed by atoms with E-state index in [1.165, 1.54) is 135 Å². The summed E-state index contributed by atoms with van der Waals surface area (Å²) in [5.74, 6) is -1.30. The van der Waals surface area contributed by atoms with Gasteiger partial charge < -0.3 is 89.1 Å². The monoisotopic (exact) mass is 1400 g/mol. The number of carbonyl (C=O) groups excluding carboxylic acids is 3. The number of aliphatic hydroxyl groups is 10. The van der Waals surface area contributed by atoms with Crippen LogP contribution in [-0.2, 0) is 61.2 Å². The Morgan fingerprint density at radius 2 is 0.729 bits per heavy atom. The molecule has 2 aliphatic heterocycles. The van der Waals surface area contributed by atoms with Crippen LogP contribution in [0.3, 0.4) is 0 Å². The number of carbonyl (C=O) groups is 3. The van der Waals surface area contributed by atoms with E-state index in [0.29, 0.717) is 25.2 Å². The maximum absolute atomic E-state index is 14.3. The summed E-state index contributed by atoms with van der Waals surface area (Å²) in [7, 11) is -5.69. The van der Waals surface area contributed by atoms with Crippen LogP contribution in [0.1, 0.15) is 297 Å². The van der Waals surface area contributed by atoms with Crippen LogP contribution in [-0.4, -0.2) is 204 Å². The number of unbranched alkanes of at least 4 members (excludes halogenated alkanes) is 33. The summed E-state index contributed by atoms with van der Waals surface area (Å²) in [6.07, 6.45) is 7.55. The lowest BCUT2D eigenvalue weighted by molar-refractivity contribution is -0.360. The number of phosphoric acid groups is 1. The summed E-state index contributed by atoms with van der Waals surface area (Å²) in [5, 5.41) is 110. The van der Waals surface area contributed by atoms with Crippen molar-refractivity contribution < 1.29 is 117 Å².